The lowest BCUT2D eigenvalue weighted by atomic mass is 9.96. The molecule has 1 saturated carbocycles. The lowest BCUT2D eigenvalue weighted by Crippen LogP contribution is -2.16. The highest BCUT2D eigenvalue weighted by atomic mass is 19.2. The first-order chi connectivity index (χ1) is 14.4. The molecule has 0 aliphatic heterocycles. The smallest absolute Gasteiger partial charge is 0.296 e. The van der Waals surface area contributed by atoms with Crippen LogP contribution in [0.25, 0.3) is 11.1 Å². The molecule has 3 aromatic rings. The minimum Gasteiger partial charge on any atom is -0.496 e. The van der Waals surface area contributed by atoms with Crippen molar-refractivity contribution in [3.05, 3.63) is 53.1 Å². The van der Waals surface area contributed by atoms with Crippen LogP contribution in [0.4, 0.5) is 14.8 Å². The highest BCUT2D eigenvalue weighted by Gasteiger charge is 2.27. The van der Waals surface area contributed by atoms with Gasteiger partial charge >= 0.3 is 0 Å². The van der Waals surface area contributed by atoms with Gasteiger partial charge in [-0.1, -0.05) is 11.6 Å². The number of oxazole rings is 1. The number of halogens is 2. The number of ketones is 1. The van der Waals surface area contributed by atoms with Gasteiger partial charge in [-0.15, -0.1) is 0 Å². The van der Waals surface area contributed by atoms with Gasteiger partial charge in [0.25, 0.3) is 6.01 Å². The van der Waals surface area contributed by atoms with Crippen molar-refractivity contribution >= 4 is 22.9 Å². The summed E-state index contributed by atoms with van der Waals surface area (Å²) in [5.41, 5.74) is 1.76. The zero-order valence-corrected chi connectivity index (χ0v) is 17.0. The zero-order valence-electron chi connectivity index (χ0n) is 17.0. The van der Waals surface area contributed by atoms with Crippen molar-refractivity contribution in [1.29, 1.82) is 0 Å². The Morgan fingerprint density at radius 2 is 2.10 bits per heavy atom. The molecule has 0 radical (unpaired) electrons. The van der Waals surface area contributed by atoms with Crippen molar-refractivity contribution in [2.75, 3.05) is 12.4 Å². The third kappa shape index (κ3) is 4.15. The van der Waals surface area contributed by atoms with Crippen LogP contribution in [0.5, 0.6) is 5.75 Å². The average Bonchev–Trinajstić information content (AvgIpc) is 3.36. The van der Waals surface area contributed by atoms with E-state index in [1.807, 2.05) is 25.1 Å². The van der Waals surface area contributed by atoms with Crippen LogP contribution >= 0.6 is 0 Å². The maximum absolute atomic E-state index is 13.8. The number of carbonyl (C=O) groups excluding carboxylic acids is 1. The van der Waals surface area contributed by atoms with E-state index in [1.54, 1.807) is 7.11 Å². The Kier molecular flexibility index (Phi) is 5.70. The molecule has 0 bridgehead atoms. The number of hydrogen-bond acceptors (Lipinski definition) is 5. The number of aryl methyl sites for hydroxylation is 1. The van der Waals surface area contributed by atoms with E-state index >= 15 is 0 Å². The summed E-state index contributed by atoms with van der Waals surface area (Å²) in [4.78, 5) is 16.9. The maximum Gasteiger partial charge on any atom is 0.296 e. The molecule has 4 rings (SSSR count). The van der Waals surface area contributed by atoms with Crippen LogP contribution in [0.15, 0.2) is 34.7 Å². The first-order valence-corrected chi connectivity index (χ1v) is 10.1. The van der Waals surface area contributed by atoms with Gasteiger partial charge in [-0.25, -0.2) is 4.39 Å². The van der Waals surface area contributed by atoms with Crippen LogP contribution in [-0.4, -0.2) is 23.9 Å². The van der Waals surface area contributed by atoms with E-state index in [1.165, 1.54) is 6.07 Å². The largest absolute Gasteiger partial charge is 0.496 e. The summed E-state index contributed by atoms with van der Waals surface area (Å²) in [7, 11) is 1.57. The summed E-state index contributed by atoms with van der Waals surface area (Å²) in [5, 5.41) is 3.18. The standard InChI is InChI=1S/C23H24F2N2O3/c1-13-3-10-20(29-2)16(11-13)19(28)9-5-14-4-6-15(12-14)26-23-27-18-8-7-17(24)21(25)22(18)30-23/h3,7-8,10-11,14-15H,4-6,9,12H2,1-2H3,(H,26,27)/t14?,15-/m1/s1. The van der Waals surface area contributed by atoms with E-state index in [9.17, 15) is 13.6 Å². The molecule has 7 heteroatoms. The summed E-state index contributed by atoms with van der Waals surface area (Å²) < 4.78 is 37.8. The van der Waals surface area contributed by atoms with E-state index in [0.717, 1.165) is 37.3 Å². The molecule has 1 N–H and O–H groups in total. The van der Waals surface area contributed by atoms with Crippen molar-refractivity contribution in [1.82, 2.24) is 4.98 Å². The van der Waals surface area contributed by atoms with E-state index in [2.05, 4.69) is 10.3 Å². The van der Waals surface area contributed by atoms with E-state index in [-0.39, 0.29) is 28.9 Å². The minimum atomic E-state index is -1.03. The van der Waals surface area contributed by atoms with Gasteiger partial charge in [-0.05, 0) is 62.8 Å². The van der Waals surface area contributed by atoms with Crippen molar-refractivity contribution in [2.24, 2.45) is 5.92 Å². The van der Waals surface area contributed by atoms with Gasteiger partial charge in [0, 0.05) is 12.5 Å². The molecule has 1 heterocycles. The second kappa shape index (κ2) is 8.42. The number of ether oxygens (including phenoxy) is 1. The number of aromatic nitrogens is 1. The first kappa shape index (κ1) is 20.3. The number of hydrogen-bond donors (Lipinski definition) is 1. The maximum atomic E-state index is 13.8. The summed E-state index contributed by atoms with van der Waals surface area (Å²) >= 11 is 0. The van der Waals surface area contributed by atoms with Gasteiger partial charge in [0.2, 0.25) is 5.82 Å². The van der Waals surface area contributed by atoms with Crippen LogP contribution in [0.1, 0.15) is 48.0 Å². The molecule has 1 fully saturated rings. The Labute approximate surface area is 173 Å². The highest BCUT2D eigenvalue weighted by Crippen LogP contribution is 2.33. The van der Waals surface area contributed by atoms with Gasteiger partial charge in [0.05, 0.1) is 12.7 Å². The van der Waals surface area contributed by atoms with Crippen molar-refractivity contribution in [3.8, 4) is 5.75 Å². The number of fused-ring (bicyclic) bond motifs is 1. The first-order valence-electron chi connectivity index (χ1n) is 10.1. The number of nitrogens with one attached hydrogen (secondary N) is 1. The topological polar surface area (TPSA) is 64.4 Å². The van der Waals surface area contributed by atoms with Gasteiger partial charge < -0.3 is 14.5 Å². The molecule has 1 aliphatic rings. The predicted molar refractivity (Wildman–Crippen MR) is 110 cm³/mol. The molecule has 0 saturated heterocycles. The van der Waals surface area contributed by atoms with Gasteiger partial charge in [-0.3, -0.25) is 4.79 Å². The summed E-state index contributed by atoms with van der Waals surface area (Å²) in [6, 6.07) is 8.37. The van der Waals surface area contributed by atoms with Crippen LogP contribution < -0.4 is 10.1 Å². The summed E-state index contributed by atoms with van der Waals surface area (Å²) in [6.07, 6.45) is 4.02. The second-order valence-corrected chi connectivity index (χ2v) is 7.91. The molecule has 30 heavy (non-hydrogen) atoms. The molecule has 0 amide bonds. The fourth-order valence-corrected chi connectivity index (χ4v) is 4.15. The Hall–Kier alpha value is -2.96. The Balaban J connectivity index is 1.33. The summed E-state index contributed by atoms with van der Waals surface area (Å²) in [6.45, 7) is 1.95. The Morgan fingerprint density at radius 3 is 2.90 bits per heavy atom. The third-order valence-corrected chi connectivity index (χ3v) is 5.75. The second-order valence-electron chi connectivity index (χ2n) is 7.91. The number of nitrogens with zero attached hydrogens (tertiary/aromatic N) is 1. The monoisotopic (exact) mass is 414 g/mol. The van der Waals surface area contributed by atoms with Crippen LogP contribution in [0.3, 0.4) is 0 Å². The van der Waals surface area contributed by atoms with Crippen LogP contribution in [0.2, 0.25) is 0 Å². The number of benzene rings is 2. The van der Waals surface area contributed by atoms with Gasteiger partial charge in [0.15, 0.2) is 17.2 Å². The van der Waals surface area contributed by atoms with E-state index < -0.39 is 11.6 Å². The molecule has 1 unspecified atom stereocenters. The molecule has 0 spiro atoms. The molecule has 1 aromatic heterocycles. The number of anilines is 1. The van der Waals surface area contributed by atoms with E-state index in [0.29, 0.717) is 23.7 Å². The molecular weight excluding hydrogens is 390 g/mol. The fourth-order valence-electron chi connectivity index (χ4n) is 4.15. The third-order valence-electron chi connectivity index (χ3n) is 5.75. The fraction of sp³-hybridized carbons (Fsp3) is 0.391. The number of Topliss-reactive ketones (excluding diaryl/α,β-unsaturated/α-hetero) is 1. The minimum absolute atomic E-state index is 0.0865. The van der Waals surface area contributed by atoms with Gasteiger partial charge in [-0.2, -0.15) is 9.37 Å². The number of carbonyl (C=O) groups is 1. The molecule has 1 aliphatic carbocycles. The molecule has 158 valence electrons. The van der Waals surface area contributed by atoms with Gasteiger partial charge in [0.1, 0.15) is 11.3 Å². The van der Waals surface area contributed by atoms with Crippen LogP contribution in [-0.2, 0) is 0 Å². The highest BCUT2D eigenvalue weighted by molar-refractivity contribution is 5.98. The average molecular weight is 414 g/mol. The zero-order chi connectivity index (χ0) is 21.3. The molecule has 5 nitrogen and oxygen atoms in total. The Morgan fingerprint density at radius 1 is 1.27 bits per heavy atom. The molecular formula is C23H24F2N2O3. The Bertz CT molecular complexity index is 1080. The van der Waals surface area contributed by atoms with Crippen LogP contribution in [0, 0.1) is 24.5 Å². The molecule has 2 aromatic carbocycles. The molecule has 2 atom stereocenters. The quantitative estimate of drug-likeness (QED) is 0.505. The lowest BCUT2D eigenvalue weighted by Gasteiger charge is -2.13. The predicted octanol–water partition coefficient (Wildman–Crippen LogP) is 5.67. The van der Waals surface area contributed by atoms with Crippen molar-refractivity contribution < 1.29 is 22.7 Å². The normalized spacial score (nSPS) is 18.7. The van der Waals surface area contributed by atoms with E-state index in [4.69, 9.17) is 9.15 Å². The van der Waals surface area contributed by atoms with Crippen molar-refractivity contribution in [3.63, 3.8) is 0 Å². The number of methoxy groups -OCH3 is 1. The van der Waals surface area contributed by atoms with Crippen molar-refractivity contribution in [2.45, 2.75) is 45.1 Å². The lowest BCUT2D eigenvalue weighted by molar-refractivity contribution is 0.0970. The summed E-state index contributed by atoms with van der Waals surface area (Å²) in [5.74, 6) is -0.885. The SMILES string of the molecule is COc1ccc(C)cc1C(=O)CCC1CC[C@@H](Nc2nc3ccc(F)c(F)c3o2)C1. The number of rotatable bonds is 7.